The molecule has 0 unspecified atom stereocenters. The van der Waals surface area contributed by atoms with Crippen LogP contribution in [0.3, 0.4) is 0 Å². The van der Waals surface area contributed by atoms with Crippen LogP contribution < -0.4 is 0 Å². The number of hydrogen-bond donors (Lipinski definition) is 3. The first-order valence-corrected chi connectivity index (χ1v) is 10.8. The Bertz CT molecular complexity index is 1120. The Morgan fingerprint density at radius 2 is 1.73 bits per heavy atom. The molecule has 10 heteroatoms. The van der Waals surface area contributed by atoms with Crippen molar-refractivity contribution in [3.05, 3.63) is 70.8 Å². The first kappa shape index (κ1) is 27.8. The summed E-state index contributed by atoms with van der Waals surface area (Å²) in [6.07, 6.45) is 2.95. The number of H-pyrrole nitrogens is 1. The average molecular weight is 495 g/mol. The SMILES string of the molecule is CCCCc1nc(Cl)c(CO)n1Cc1ccc(-c2ccccc2-c2nnn[nH]2)cc1.CO.[KH]. The minimum atomic E-state index is -0.130. The average Bonchev–Trinajstić information content (AvgIpc) is 3.48. The van der Waals surface area contributed by atoms with Crippen molar-refractivity contribution in [3.8, 4) is 22.5 Å². The number of aromatic nitrogens is 6. The van der Waals surface area contributed by atoms with E-state index in [4.69, 9.17) is 16.7 Å². The van der Waals surface area contributed by atoms with Crippen LogP contribution in [0.4, 0.5) is 0 Å². The third-order valence-corrected chi connectivity index (χ3v) is 5.44. The number of aryl methyl sites for hydroxylation is 1. The van der Waals surface area contributed by atoms with Gasteiger partial charge in [-0.05, 0) is 33.5 Å². The van der Waals surface area contributed by atoms with E-state index in [1.807, 2.05) is 22.8 Å². The molecular formula is C23H28ClKN6O2. The molecule has 3 N–H and O–H groups in total. The van der Waals surface area contributed by atoms with Crippen molar-refractivity contribution in [2.75, 3.05) is 7.11 Å². The molecule has 0 aliphatic carbocycles. The van der Waals surface area contributed by atoms with E-state index >= 15 is 0 Å². The number of unbranched alkanes of at least 4 members (excludes halogenated alkanes) is 1. The molecule has 0 bridgehead atoms. The second-order valence-corrected chi connectivity index (χ2v) is 7.46. The minimum absolute atomic E-state index is 0. The van der Waals surface area contributed by atoms with E-state index in [9.17, 15) is 5.11 Å². The topological polar surface area (TPSA) is 113 Å². The van der Waals surface area contributed by atoms with Crippen molar-refractivity contribution in [1.29, 1.82) is 0 Å². The Morgan fingerprint density at radius 1 is 1.03 bits per heavy atom. The van der Waals surface area contributed by atoms with E-state index in [1.54, 1.807) is 0 Å². The normalized spacial score (nSPS) is 10.3. The zero-order chi connectivity index (χ0) is 22.9. The van der Waals surface area contributed by atoms with E-state index in [0.717, 1.165) is 54.5 Å². The van der Waals surface area contributed by atoms with Crippen LogP contribution in [0.15, 0.2) is 48.5 Å². The van der Waals surface area contributed by atoms with Gasteiger partial charge in [0.15, 0.2) is 11.0 Å². The van der Waals surface area contributed by atoms with Crippen LogP contribution in [-0.4, -0.2) is 98.9 Å². The summed E-state index contributed by atoms with van der Waals surface area (Å²) in [6.45, 7) is 2.63. The van der Waals surface area contributed by atoms with E-state index in [0.29, 0.717) is 23.2 Å². The zero-order valence-electron chi connectivity index (χ0n) is 18.2. The number of rotatable bonds is 8. The molecule has 4 rings (SSSR count). The fourth-order valence-corrected chi connectivity index (χ4v) is 3.81. The Kier molecular flexibility index (Phi) is 11.9. The predicted octanol–water partition coefficient (Wildman–Crippen LogP) is 3.23. The van der Waals surface area contributed by atoms with Crippen molar-refractivity contribution in [2.45, 2.75) is 39.3 Å². The van der Waals surface area contributed by atoms with Crippen LogP contribution in [0.5, 0.6) is 0 Å². The molecule has 0 atom stereocenters. The van der Waals surface area contributed by atoms with E-state index in [-0.39, 0.29) is 58.0 Å². The number of nitrogens with zero attached hydrogens (tertiary/aromatic N) is 5. The molecule has 0 radical (unpaired) electrons. The van der Waals surface area contributed by atoms with Crippen LogP contribution in [0.1, 0.15) is 36.8 Å². The standard InChI is InChI=1S/C22H23ClN6O.CH4O.K.H/c1-2-3-8-20-24-21(23)19(14-30)29(20)13-15-9-11-16(12-10-15)17-6-4-5-7-18(17)22-25-27-28-26-22;1-2;;/h4-7,9-12,30H,2-3,8,13-14H2,1H3,(H,25,26,27,28);2H,1H3;;. The maximum atomic E-state index is 9.77. The second kappa shape index (κ2) is 14.1. The molecule has 33 heavy (non-hydrogen) atoms. The van der Waals surface area contributed by atoms with Crippen molar-refractivity contribution in [1.82, 2.24) is 30.2 Å². The van der Waals surface area contributed by atoms with Gasteiger partial charge in [-0.25, -0.2) is 10.1 Å². The van der Waals surface area contributed by atoms with Crippen LogP contribution in [0.2, 0.25) is 5.15 Å². The summed E-state index contributed by atoms with van der Waals surface area (Å²) >= 11 is 6.26. The van der Waals surface area contributed by atoms with Crippen LogP contribution >= 0.6 is 11.6 Å². The Labute approximate surface area is 240 Å². The number of hydrogen-bond acceptors (Lipinski definition) is 6. The predicted molar refractivity (Wildman–Crippen MR) is 131 cm³/mol. The first-order valence-electron chi connectivity index (χ1n) is 10.4. The Morgan fingerprint density at radius 3 is 2.33 bits per heavy atom. The summed E-state index contributed by atoms with van der Waals surface area (Å²) < 4.78 is 2.03. The fourth-order valence-electron chi connectivity index (χ4n) is 3.56. The molecule has 0 fully saturated rings. The van der Waals surface area contributed by atoms with Gasteiger partial charge in [-0.3, -0.25) is 0 Å². The van der Waals surface area contributed by atoms with Gasteiger partial charge in [0, 0.05) is 25.6 Å². The maximum absolute atomic E-state index is 9.77. The van der Waals surface area contributed by atoms with E-state index < -0.39 is 0 Å². The van der Waals surface area contributed by atoms with Gasteiger partial charge in [0.1, 0.15) is 5.82 Å². The van der Waals surface area contributed by atoms with Gasteiger partial charge in [-0.15, -0.1) is 5.10 Å². The fraction of sp³-hybridized carbons (Fsp3) is 0.304. The molecule has 0 aliphatic heterocycles. The molecule has 0 saturated carbocycles. The van der Waals surface area contributed by atoms with Gasteiger partial charge in [0.2, 0.25) is 0 Å². The van der Waals surface area contributed by atoms with Gasteiger partial charge in [-0.1, -0.05) is 73.5 Å². The molecule has 2 aromatic carbocycles. The molecule has 2 heterocycles. The molecule has 0 saturated heterocycles. The number of aliphatic hydroxyl groups excluding tert-OH is 2. The number of imidazole rings is 1. The summed E-state index contributed by atoms with van der Waals surface area (Å²) in [5, 5.41) is 31.4. The molecule has 8 nitrogen and oxygen atoms in total. The monoisotopic (exact) mass is 494 g/mol. The Hall–Kier alpha value is -1.43. The second-order valence-electron chi connectivity index (χ2n) is 7.11. The van der Waals surface area contributed by atoms with Gasteiger partial charge >= 0.3 is 51.4 Å². The van der Waals surface area contributed by atoms with Gasteiger partial charge < -0.3 is 14.8 Å². The molecule has 2 aromatic heterocycles. The summed E-state index contributed by atoms with van der Waals surface area (Å²) in [7, 11) is 1.00. The third-order valence-electron chi connectivity index (χ3n) is 5.14. The molecule has 0 spiro atoms. The van der Waals surface area contributed by atoms with Crippen LogP contribution in [0, 0.1) is 0 Å². The molecule has 170 valence electrons. The number of halogens is 1. The molecule has 0 amide bonds. The number of aliphatic hydroxyl groups is 2. The quantitative estimate of drug-likeness (QED) is 0.324. The molecule has 4 aromatic rings. The van der Waals surface area contributed by atoms with Gasteiger partial charge in [-0.2, -0.15) is 0 Å². The van der Waals surface area contributed by atoms with Crippen molar-refractivity contribution in [2.24, 2.45) is 0 Å². The van der Waals surface area contributed by atoms with Crippen molar-refractivity contribution >= 4 is 63.0 Å². The zero-order valence-corrected chi connectivity index (χ0v) is 18.9. The summed E-state index contributed by atoms with van der Waals surface area (Å²) in [5.41, 5.74) is 4.84. The Balaban J connectivity index is 0.00000125. The molecular weight excluding hydrogens is 467 g/mol. The van der Waals surface area contributed by atoms with E-state index in [1.165, 1.54) is 0 Å². The third kappa shape index (κ3) is 6.80. The number of nitrogens with one attached hydrogen (secondary N) is 1. The number of aromatic amines is 1. The summed E-state index contributed by atoms with van der Waals surface area (Å²) in [5.74, 6) is 1.55. The number of tetrazole rings is 1. The van der Waals surface area contributed by atoms with Crippen molar-refractivity contribution in [3.63, 3.8) is 0 Å². The summed E-state index contributed by atoms with van der Waals surface area (Å²) in [4.78, 5) is 4.47. The molecule has 0 aliphatic rings. The first-order chi connectivity index (χ1) is 15.7. The van der Waals surface area contributed by atoms with Crippen LogP contribution in [-0.2, 0) is 19.6 Å². The van der Waals surface area contributed by atoms with E-state index in [2.05, 4.69) is 62.9 Å². The van der Waals surface area contributed by atoms with Crippen molar-refractivity contribution < 1.29 is 10.2 Å². The number of benzene rings is 2. The van der Waals surface area contributed by atoms with Gasteiger partial charge in [0.05, 0.1) is 12.3 Å². The van der Waals surface area contributed by atoms with Gasteiger partial charge in [0.25, 0.3) is 0 Å². The summed E-state index contributed by atoms with van der Waals surface area (Å²) in [6, 6.07) is 16.3. The van der Waals surface area contributed by atoms with Crippen LogP contribution in [0.25, 0.3) is 22.5 Å².